The summed E-state index contributed by atoms with van der Waals surface area (Å²) in [5.74, 6) is 0. The minimum Gasteiger partial charge on any atom is -0.313 e. The van der Waals surface area contributed by atoms with Gasteiger partial charge in [0.25, 0.3) is 0 Å². The maximum absolute atomic E-state index is 8.59. The van der Waals surface area contributed by atoms with Crippen LogP contribution in [0.5, 0.6) is 0 Å². The molecule has 0 amide bonds. The molecular weight excluding hydrogens is 186 g/mol. The molecule has 0 aliphatic carbocycles. The van der Waals surface area contributed by atoms with Crippen molar-refractivity contribution in [1.82, 2.24) is 10.2 Å². The van der Waals surface area contributed by atoms with E-state index in [1.54, 1.807) is 0 Å². The molecule has 0 aliphatic rings. The summed E-state index contributed by atoms with van der Waals surface area (Å²) >= 11 is 0. The predicted octanol–water partition coefficient (Wildman–Crippen LogP) is 2.00. The largest absolute Gasteiger partial charge is 0.313 e. The van der Waals surface area contributed by atoms with Gasteiger partial charge in [0.1, 0.15) is 0 Å². The minimum absolute atomic E-state index is 0.381. The van der Waals surface area contributed by atoms with E-state index in [9.17, 15) is 0 Å². The van der Waals surface area contributed by atoms with Gasteiger partial charge in [0.05, 0.1) is 12.5 Å². The molecule has 0 saturated heterocycles. The van der Waals surface area contributed by atoms with Crippen molar-refractivity contribution in [3.8, 4) is 6.07 Å². The zero-order valence-electron chi connectivity index (χ0n) is 10.4. The van der Waals surface area contributed by atoms with Gasteiger partial charge in [-0.25, -0.2) is 0 Å². The van der Waals surface area contributed by atoms with E-state index in [1.165, 1.54) is 6.42 Å². The number of hydrogen-bond acceptors (Lipinski definition) is 3. The number of nitrogens with zero attached hydrogens (tertiary/aromatic N) is 2. The van der Waals surface area contributed by atoms with Crippen LogP contribution in [0.4, 0.5) is 0 Å². The summed E-state index contributed by atoms with van der Waals surface area (Å²) in [6, 6.07) is 2.60. The maximum atomic E-state index is 8.59. The predicted molar refractivity (Wildman–Crippen MR) is 64.7 cm³/mol. The first-order valence-electron chi connectivity index (χ1n) is 6.11. The number of rotatable bonds is 9. The summed E-state index contributed by atoms with van der Waals surface area (Å²) < 4.78 is 0. The Morgan fingerprint density at radius 2 is 1.93 bits per heavy atom. The molecule has 0 bridgehead atoms. The van der Waals surface area contributed by atoms with Crippen LogP contribution < -0.4 is 5.32 Å². The molecule has 0 aromatic carbocycles. The zero-order valence-corrected chi connectivity index (χ0v) is 10.4. The van der Waals surface area contributed by atoms with Gasteiger partial charge >= 0.3 is 0 Å². The van der Waals surface area contributed by atoms with Crippen LogP contribution in [0.3, 0.4) is 0 Å². The van der Waals surface area contributed by atoms with Crippen molar-refractivity contribution < 1.29 is 0 Å². The highest BCUT2D eigenvalue weighted by molar-refractivity contribution is 4.79. The lowest BCUT2D eigenvalue weighted by Crippen LogP contribution is -2.32. The average molecular weight is 211 g/mol. The quantitative estimate of drug-likeness (QED) is 0.593. The van der Waals surface area contributed by atoms with Crippen LogP contribution in [-0.4, -0.2) is 37.1 Å². The fraction of sp³-hybridized carbons (Fsp3) is 0.917. The van der Waals surface area contributed by atoms with E-state index in [0.29, 0.717) is 12.5 Å². The molecule has 0 saturated carbocycles. The molecule has 0 heterocycles. The molecule has 1 unspecified atom stereocenters. The highest BCUT2D eigenvalue weighted by atomic mass is 15.1. The lowest BCUT2D eigenvalue weighted by molar-refractivity contribution is 0.295. The third-order valence-electron chi connectivity index (χ3n) is 2.81. The van der Waals surface area contributed by atoms with Gasteiger partial charge in [-0.3, -0.25) is 0 Å². The van der Waals surface area contributed by atoms with E-state index in [-0.39, 0.29) is 0 Å². The molecule has 88 valence electrons. The molecule has 0 rings (SSSR count). The zero-order chi connectivity index (χ0) is 11.5. The Morgan fingerprint density at radius 1 is 1.27 bits per heavy atom. The SMILES string of the molecule is CCC(CC#N)NCCCN(CC)CC. The van der Waals surface area contributed by atoms with Crippen LogP contribution in [0.2, 0.25) is 0 Å². The third-order valence-corrected chi connectivity index (χ3v) is 2.81. The topological polar surface area (TPSA) is 39.1 Å². The molecule has 0 radical (unpaired) electrons. The monoisotopic (exact) mass is 211 g/mol. The van der Waals surface area contributed by atoms with E-state index >= 15 is 0 Å². The molecule has 3 heteroatoms. The highest BCUT2D eigenvalue weighted by Gasteiger charge is 2.04. The summed E-state index contributed by atoms with van der Waals surface area (Å²) in [4.78, 5) is 2.42. The van der Waals surface area contributed by atoms with E-state index in [0.717, 1.165) is 32.6 Å². The van der Waals surface area contributed by atoms with Gasteiger partial charge in [-0.05, 0) is 39.0 Å². The fourth-order valence-electron chi connectivity index (χ4n) is 1.62. The highest BCUT2D eigenvalue weighted by Crippen LogP contribution is 1.96. The summed E-state index contributed by atoms with van der Waals surface area (Å²) in [7, 11) is 0. The van der Waals surface area contributed by atoms with Crippen LogP contribution >= 0.6 is 0 Å². The van der Waals surface area contributed by atoms with Gasteiger partial charge in [0, 0.05) is 6.04 Å². The summed E-state index contributed by atoms with van der Waals surface area (Å²) in [5.41, 5.74) is 0. The first kappa shape index (κ1) is 14.4. The maximum Gasteiger partial charge on any atom is 0.0638 e. The lowest BCUT2D eigenvalue weighted by atomic mass is 10.1. The molecule has 0 aliphatic heterocycles. The Kier molecular flexibility index (Phi) is 9.55. The van der Waals surface area contributed by atoms with Gasteiger partial charge in [0.15, 0.2) is 0 Å². The van der Waals surface area contributed by atoms with Crippen molar-refractivity contribution >= 4 is 0 Å². The first-order valence-corrected chi connectivity index (χ1v) is 6.11. The molecular formula is C12H25N3. The normalized spacial score (nSPS) is 12.7. The van der Waals surface area contributed by atoms with E-state index in [2.05, 4.69) is 37.1 Å². The second-order valence-corrected chi connectivity index (χ2v) is 3.80. The van der Waals surface area contributed by atoms with Gasteiger partial charge in [-0.15, -0.1) is 0 Å². The fourth-order valence-corrected chi connectivity index (χ4v) is 1.62. The number of nitriles is 1. The van der Waals surface area contributed by atoms with Gasteiger partial charge in [0.2, 0.25) is 0 Å². The summed E-state index contributed by atoms with van der Waals surface area (Å²) in [6.45, 7) is 11.0. The van der Waals surface area contributed by atoms with Crippen LogP contribution in [-0.2, 0) is 0 Å². The van der Waals surface area contributed by atoms with Crippen molar-refractivity contribution in [1.29, 1.82) is 5.26 Å². The Hall–Kier alpha value is -0.590. The molecule has 15 heavy (non-hydrogen) atoms. The Morgan fingerprint density at radius 3 is 2.40 bits per heavy atom. The van der Waals surface area contributed by atoms with Crippen molar-refractivity contribution in [3.05, 3.63) is 0 Å². The smallest absolute Gasteiger partial charge is 0.0638 e. The first-order chi connectivity index (χ1) is 7.28. The van der Waals surface area contributed by atoms with Gasteiger partial charge < -0.3 is 10.2 Å². The Labute approximate surface area is 94.5 Å². The van der Waals surface area contributed by atoms with E-state index < -0.39 is 0 Å². The molecule has 1 N–H and O–H groups in total. The van der Waals surface area contributed by atoms with E-state index in [4.69, 9.17) is 5.26 Å². The van der Waals surface area contributed by atoms with Crippen molar-refractivity contribution in [2.75, 3.05) is 26.2 Å². The molecule has 0 aromatic rings. The average Bonchev–Trinajstić information content (AvgIpc) is 2.28. The molecule has 0 aromatic heterocycles. The van der Waals surface area contributed by atoms with Crippen molar-refractivity contribution in [2.24, 2.45) is 0 Å². The minimum atomic E-state index is 0.381. The van der Waals surface area contributed by atoms with Crippen LogP contribution in [0, 0.1) is 11.3 Å². The van der Waals surface area contributed by atoms with E-state index in [1.807, 2.05) is 0 Å². The third kappa shape index (κ3) is 7.35. The van der Waals surface area contributed by atoms with Crippen LogP contribution in [0.25, 0.3) is 0 Å². The molecule has 3 nitrogen and oxygen atoms in total. The number of nitrogens with one attached hydrogen (secondary N) is 1. The second kappa shape index (κ2) is 9.95. The standard InChI is InChI=1S/C12H25N3/c1-4-12(8-9-13)14-10-7-11-15(5-2)6-3/h12,14H,4-8,10-11H2,1-3H3. The van der Waals surface area contributed by atoms with Crippen LogP contribution in [0.15, 0.2) is 0 Å². The molecule has 0 fully saturated rings. The van der Waals surface area contributed by atoms with Crippen molar-refractivity contribution in [2.45, 2.75) is 46.1 Å². The molecule has 1 atom stereocenters. The Balaban J connectivity index is 3.47. The Bertz CT molecular complexity index is 170. The lowest BCUT2D eigenvalue weighted by Gasteiger charge is -2.19. The second-order valence-electron chi connectivity index (χ2n) is 3.80. The van der Waals surface area contributed by atoms with Gasteiger partial charge in [-0.1, -0.05) is 20.8 Å². The van der Waals surface area contributed by atoms with Crippen LogP contribution in [0.1, 0.15) is 40.0 Å². The summed E-state index contributed by atoms with van der Waals surface area (Å²) in [6.07, 6.45) is 2.84. The van der Waals surface area contributed by atoms with Gasteiger partial charge in [-0.2, -0.15) is 5.26 Å². The number of hydrogen-bond donors (Lipinski definition) is 1. The molecule has 0 spiro atoms. The summed E-state index contributed by atoms with van der Waals surface area (Å²) in [5, 5.41) is 12.0. The van der Waals surface area contributed by atoms with Crippen molar-refractivity contribution in [3.63, 3.8) is 0 Å².